The first kappa shape index (κ1) is 12.7. The van der Waals surface area contributed by atoms with Gasteiger partial charge in [0.25, 0.3) is 0 Å². The van der Waals surface area contributed by atoms with Gasteiger partial charge in [-0.05, 0) is 18.2 Å². The van der Waals surface area contributed by atoms with Gasteiger partial charge in [0.05, 0.1) is 12.1 Å². The Bertz CT molecular complexity index is 577. The molecule has 5 nitrogen and oxygen atoms in total. The van der Waals surface area contributed by atoms with Gasteiger partial charge in [0.1, 0.15) is 17.8 Å². The van der Waals surface area contributed by atoms with Crippen molar-refractivity contribution in [3.8, 4) is 5.75 Å². The zero-order chi connectivity index (χ0) is 13.1. The maximum Gasteiger partial charge on any atom is 0.158 e. The van der Waals surface area contributed by atoms with E-state index in [0.717, 1.165) is 5.69 Å². The monoisotopic (exact) mass is 284 g/mol. The van der Waals surface area contributed by atoms with Gasteiger partial charge in [0.15, 0.2) is 11.0 Å². The number of ether oxygens (including phenoxy) is 1. The summed E-state index contributed by atoms with van der Waals surface area (Å²) in [5.41, 5.74) is 6.76. The Kier molecular flexibility index (Phi) is 3.74. The highest BCUT2D eigenvalue weighted by Crippen LogP contribution is 2.30. The van der Waals surface area contributed by atoms with Crippen molar-refractivity contribution >= 4 is 40.4 Å². The van der Waals surface area contributed by atoms with Gasteiger partial charge >= 0.3 is 0 Å². The molecule has 0 bridgehead atoms. The van der Waals surface area contributed by atoms with Gasteiger partial charge in [-0.2, -0.15) is 0 Å². The Balaban J connectivity index is 2.29. The number of rotatable bonds is 3. The lowest BCUT2D eigenvalue weighted by atomic mass is 10.3. The summed E-state index contributed by atoms with van der Waals surface area (Å²) in [7, 11) is 1.55. The van der Waals surface area contributed by atoms with Crippen molar-refractivity contribution in [1.82, 2.24) is 9.97 Å². The summed E-state index contributed by atoms with van der Waals surface area (Å²) in [6.45, 7) is 0. The Hall–Kier alpha value is -1.72. The molecule has 0 saturated carbocycles. The summed E-state index contributed by atoms with van der Waals surface area (Å²) >= 11 is 11.8. The quantitative estimate of drug-likeness (QED) is 0.848. The fraction of sp³-hybridized carbons (Fsp3) is 0.0909. The minimum Gasteiger partial charge on any atom is -0.495 e. The van der Waals surface area contributed by atoms with E-state index in [2.05, 4.69) is 15.3 Å². The summed E-state index contributed by atoms with van der Waals surface area (Å²) in [6, 6.07) is 5.24. The Morgan fingerprint density at radius 2 is 2.06 bits per heavy atom. The van der Waals surface area contributed by atoms with Crippen LogP contribution in [-0.2, 0) is 0 Å². The number of nitrogen functional groups attached to an aromatic ring is 1. The van der Waals surface area contributed by atoms with Crippen LogP contribution in [0.3, 0.4) is 0 Å². The molecule has 0 atom stereocenters. The highest BCUT2D eigenvalue weighted by molar-refractivity contribution is 6.32. The highest BCUT2D eigenvalue weighted by Gasteiger charge is 2.07. The van der Waals surface area contributed by atoms with Crippen LogP contribution in [-0.4, -0.2) is 17.1 Å². The smallest absolute Gasteiger partial charge is 0.158 e. The molecule has 3 N–H and O–H groups in total. The van der Waals surface area contributed by atoms with E-state index in [9.17, 15) is 0 Å². The van der Waals surface area contributed by atoms with Crippen LogP contribution in [0.25, 0.3) is 0 Å². The molecule has 1 aromatic carbocycles. The SMILES string of the molecule is COc1ccc(Nc2ncnc(Cl)c2N)cc1Cl. The van der Waals surface area contributed by atoms with Gasteiger partial charge in [-0.3, -0.25) is 0 Å². The number of nitrogens with two attached hydrogens (primary N) is 1. The highest BCUT2D eigenvalue weighted by atomic mass is 35.5. The third kappa shape index (κ3) is 2.57. The van der Waals surface area contributed by atoms with E-state index in [4.69, 9.17) is 33.7 Å². The molecule has 0 aliphatic heterocycles. The molecule has 2 aromatic rings. The number of hydrogen-bond donors (Lipinski definition) is 2. The minimum atomic E-state index is 0.201. The number of halogens is 2. The van der Waals surface area contributed by atoms with Crippen LogP contribution in [0.15, 0.2) is 24.5 Å². The average Bonchev–Trinajstić information content (AvgIpc) is 2.35. The first-order valence-corrected chi connectivity index (χ1v) is 5.74. The Labute approximate surface area is 114 Å². The lowest BCUT2D eigenvalue weighted by molar-refractivity contribution is 0.415. The number of benzene rings is 1. The molecule has 7 heteroatoms. The lowest BCUT2D eigenvalue weighted by Gasteiger charge is -2.10. The van der Waals surface area contributed by atoms with Gasteiger partial charge in [0, 0.05) is 5.69 Å². The van der Waals surface area contributed by atoms with E-state index in [1.807, 2.05) is 0 Å². The largest absolute Gasteiger partial charge is 0.495 e. The van der Waals surface area contributed by atoms with Crippen LogP contribution in [0.4, 0.5) is 17.2 Å². The van der Waals surface area contributed by atoms with E-state index in [1.165, 1.54) is 6.33 Å². The van der Waals surface area contributed by atoms with Gasteiger partial charge in [-0.25, -0.2) is 9.97 Å². The van der Waals surface area contributed by atoms with Crippen LogP contribution in [0, 0.1) is 0 Å². The maximum atomic E-state index is 6.01. The van der Waals surface area contributed by atoms with Gasteiger partial charge in [0.2, 0.25) is 0 Å². The molecule has 2 rings (SSSR count). The maximum absolute atomic E-state index is 6.01. The third-order valence-corrected chi connectivity index (χ3v) is 2.85. The lowest BCUT2D eigenvalue weighted by Crippen LogP contribution is -2.01. The van der Waals surface area contributed by atoms with Crippen molar-refractivity contribution in [2.24, 2.45) is 0 Å². The van der Waals surface area contributed by atoms with Crippen LogP contribution in [0.1, 0.15) is 0 Å². The summed E-state index contributed by atoms with van der Waals surface area (Å²) < 4.78 is 5.06. The second kappa shape index (κ2) is 5.29. The van der Waals surface area contributed by atoms with Crippen molar-refractivity contribution in [1.29, 1.82) is 0 Å². The molecule has 0 unspecified atom stereocenters. The Morgan fingerprint density at radius 1 is 1.28 bits per heavy atom. The first-order chi connectivity index (χ1) is 8.61. The Morgan fingerprint density at radius 3 is 2.72 bits per heavy atom. The minimum absolute atomic E-state index is 0.201. The van der Waals surface area contributed by atoms with E-state index in [1.54, 1.807) is 25.3 Å². The number of nitrogens with one attached hydrogen (secondary N) is 1. The number of anilines is 3. The van der Waals surface area contributed by atoms with Crippen molar-refractivity contribution in [3.05, 3.63) is 34.7 Å². The van der Waals surface area contributed by atoms with Crippen LogP contribution in [0.2, 0.25) is 10.2 Å². The van der Waals surface area contributed by atoms with Crippen molar-refractivity contribution in [2.75, 3.05) is 18.2 Å². The second-order valence-electron chi connectivity index (χ2n) is 3.40. The predicted octanol–water partition coefficient (Wildman–Crippen LogP) is 3.12. The normalized spacial score (nSPS) is 10.2. The van der Waals surface area contributed by atoms with E-state index in [0.29, 0.717) is 16.6 Å². The molecule has 0 aliphatic carbocycles. The average molecular weight is 285 g/mol. The number of nitrogens with zero attached hydrogens (tertiary/aromatic N) is 2. The molecule has 0 spiro atoms. The number of methoxy groups -OCH3 is 1. The third-order valence-electron chi connectivity index (χ3n) is 2.25. The molecule has 18 heavy (non-hydrogen) atoms. The standard InChI is InChI=1S/C11H10Cl2N4O/c1-18-8-3-2-6(4-7(8)12)17-11-9(14)10(13)15-5-16-11/h2-5H,14H2,1H3,(H,15,16,17). The topological polar surface area (TPSA) is 73.1 Å². The molecule has 94 valence electrons. The van der Waals surface area contributed by atoms with Gasteiger partial charge in [-0.1, -0.05) is 23.2 Å². The molecule has 0 fully saturated rings. The zero-order valence-electron chi connectivity index (χ0n) is 9.45. The van der Waals surface area contributed by atoms with E-state index < -0.39 is 0 Å². The van der Waals surface area contributed by atoms with Crippen LogP contribution in [0.5, 0.6) is 5.75 Å². The molecule has 0 radical (unpaired) electrons. The molecule has 1 heterocycles. The van der Waals surface area contributed by atoms with Gasteiger partial charge < -0.3 is 15.8 Å². The molecule has 0 aliphatic rings. The fourth-order valence-corrected chi connectivity index (χ4v) is 1.75. The molecule has 1 aromatic heterocycles. The predicted molar refractivity (Wildman–Crippen MR) is 72.7 cm³/mol. The first-order valence-electron chi connectivity index (χ1n) is 4.98. The van der Waals surface area contributed by atoms with Crippen LogP contribution < -0.4 is 15.8 Å². The summed E-state index contributed by atoms with van der Waals surface area (Å²) in [5, 5.41) is 3.69. The van der Waals surface area contributed by atoms with Crippen molar-refractivity contribution in [2.45, 2.75) is 0 Å². The second-order valence-corrected chi connectivity index (χ2v) is 4.17. The summed E-state index contributed by atoms with van der Waals surface area (Å²) in [5.74, 6) is 1.02. The van der Waals surface area contributed by atoms with Crippen molar-refractivity contribution in [3.63, 3.8) is 0 Å². The zero-order valence-corrected chi connectivity index (χ0v) is 11.0. The molecular weight excluding hydrogens is 275 g/mol. The van der Waals surface area contributed by atoms with Crippen LogP contribution >= 0.6 is 23.2 Å². The summed E-state index contributed by atoms with van der Waals surface area (Å²) in [6.07, 6.45) is 1.33. The van der Waals surface area contributed by atoms with Gasteiger partial charge in [-0.15, -0.1) is 0 Å². The fourth-order valence-electron chi connectivity index (χ4n) is 1.35. The summed E-state index contributed by atoms with van der Waals surface area (Å²) in [4.78, 5) is 7.77. The molecular formula is C11H10Cl2N4O. The van der Waals surface area contributed by atoms with E-state index in [-0.39, 0.29) is 10.8 Å². The van der Waals surface area contributed by atoms with E-state index >= 15 is 0 Å². The molecule has 0 saturated heterocycles. The van der Waals surface area contributed by atoms with Crippen molar-refractivity contribution < 1.29 is 4.74 Å². The number of aromatic nitrogens is 2. The molecule has 0 amide bonds. The number of hydrogen-bond acceptors (Lipinski definition) is 5.